The van der Waals surface area contributed by atoms with Crippen molar-refractivity contribution in [2.24, 2.45) is 5.41 Å². The SMILES string of the molecule is CCCNc1cc(NCC2(C)CCC2)ccn1. The molecule has 0 saturated heterocycles. The third-order valence-electron chi connectivity index (χ3n) is 3.60. The summed E-state index contributed by atoms with van der Waals surface area (Å²) in [6.45, 7) is 6.58. The molecule has 2 N–H and O–H groups in total. The monoisotopic (exact) mass is 233 g/mol. The van der Waals surface area contributed by atoms with Crippen LogP contribution in [-0.4, -0.2) is 18.1 Å². The van der Waals surface area contributed by atoms with Crippen LogP contribution in [0.3, 0.4) is 0 Å². The van der Waals surface area contributed by atoms with E-state index < -0.39 is 0 Å². The van der Waals surface area contributed by atoms with Crippen LogP contribution in [0.4, 0.5) is 11.5 Å². The van der Waals surface area contributed by atoms with E-state index in [1.165, 1.54) is 24.9 Å². The van der Waals surface area contributed by atoms with Crippen molar-refractivity contribution in [1.82, 2.24) is 4.98 Å². The van der Waals surface area contributed by atoms with Gasteiger partial charge in [-0.05, 0) is 30.7 Å². The second-order valence-electron chi connectivity index (χ2n) is 5.37. The molecule has 17 heavy (non-hydrogen) atoms. The van der Waals surface area contributed by atoms with E-state index in [1.807, 2.05) is 12.3 Å². The highest BCUT2D eigenvalue weighted by Crippen LogP contribution is 2.40. The summed E-state index contributed by atoms with van der Waals surface area (Å²) in [6.07, 6.45) is 7.08. The number of nitrogens with one attached hydrogen (secondary N) is 2. The van der Waals surface area contributed by atoms with Crippen molar-refractivity contribution in [3.05, 3.63) is 18.3 Å². The Labute approximate surface area is 104 Å². The minimum absolute atomic E-state index is 0.514. The minimum Gasteiger partial charge on any atom is -0.384 e. The number of aromatic nitrogens is 1. The third kappa shape index (κ3) is 3.35. The lowest BCUT2D eigenvalue weighted by Crippen LogP contribution is -2.33. The summed E-state index contributed by atoms with van der Waals surface area (Å²) in [5, 5.41) is 6.83. The molecule has 1 heterocycles. The van der Waals surface area contributed by atoms with Gasteiger partial charge >= 0.3 is 0 Å². The average molecular weight is 233 g/mol. The highest BCUT2D eigenvalue weighted by Gasteiger charge is 2.31. The molecular weight excluding hydrogens is 210 g/mol. The summed E-state index contributed by atoms with van der Waals surface area (Å²) in [4.78, 5) is 4.30. The van der Waals surface area contributed by atoms with Crippen LogP contribution in [0.1, 0.15) is 39.5 Å². The largest absolute Gasteiger partial charge is 0.384 e. The summed E-state index contributed by atoms with van der Waals surface area (Å²) in [5.41, 5.74) is 1.69. The third-order valence-corrected chi connectivity index (χ3v) is 3.60. The molecule has 3 heteroatoms. The van der Waals surface area contributed by atoms with Crippen molar-refractivity contribution < 1.29 is 0 Å². The quantitative estimate of drug-likeness (QED) is 0.789. The van der Waals surface area contributed by atoms with Gasteiger partial charge in [-0.2, -0.15) is 0 Å². The summed E-state index contributed by atoms with van der Waals surface area (Å²) in [7, 11) is 0. The zero-order valence-corrected chi connectivity index (χ0v) is 10.9. The Kier molecular flexibility index (Phi) is 3.87. The van der Waals surface area contributed by atoms with Crippen LogP contribution in [0.15, 0.2) is 18.3 Å². The Balaban J connectivity index is 1.87. The van der Waals surface area contributed by atoms with Gasteiger partial charge in [0, 0.05) is 31.0 Å². The lowest BCUT2D eigenvalue weighted by atomic mass is 9.70. The predicted octanol–water partition coefficient (Wildman–Crippen LogP) is 3.51. The summed E-state index contributed by atoms with van der Waals surface area (Å²) in [6, 6.07) is 4.14. The van der Waals surface area contributed by atoms with E-state index in [9.17, 15) is 0 Å². The summed E-state index contributed by atoms with van der Waals surface area (Å²) >= 11 is 0. The Bertz CT molecular complexity index is 358. The van der Waals surface area contributed by atoms with Crippen molar-refractivity contribution in [2.45, 2.75) is 39.5 Å². The number of hydrogen-bond acceptors (Lipinski definition) is 3. The fraction of sp³-hybridized carbons (Fsp3) is 0.643. The lowest BCUT2D eigenvalue weighted by Gasteiger charge is -2.38. The number of nitrogens with zero attached hydrogens (tertiary/aromatic N) is 1. The minimum atomic E-state index is 0.514. The van der Waals surface area contributed by atoms with E-state index in [0.717, 1.165) is 25.3 Å². The van der Waals surface area contributed by atoms with Gasteiger partial charge in [0.05, 0.1) is 0 Å². The summed E-state index contributed by atoms with van der Waals surface area (Å²) < 4.78 is 0. The molecule has 0 aromatic carbocycles. The number of rotatable bonds is 6. The van der Waals surface area contributed by atoms with Crippen LogP contribution in [0.25, 0.3) is 0 Å². The van der Waals surface area contributed by atoms with Crippen molar-refractivity contribution >= 4 is 11.5 Å². The van der Waals surface area contributed by atoms with E-state index >= 15 is 0 Å². The number of pyridine rings is 1. The molecule has 1 aromatic heterocycles. The molecule has 0 spiro atoms. The first-order valence-corrected chi connectivity index (χ1v) is 6.66. The van der Waals surface area contributed by atoms with E-state index in [0.29, 0.717) is 5.41 Å². The molecule has 0 unspecified atom stereocenters. The summed E-state index contributed by atoms with van der Waals surface area (Å²) in [5.74, 6) is 0.968. The maximum Gasteiger partial charge on any atom is 0.127 e. The van der Waals surface area contributed by atoms with Gasteiger partial charge in [0.15, 0.2) is 0 Å². The molecule has 1 aliphatic rings. The zero-order chi connectivity index (χ0) is 12.1. The second-order valence-corrected chi connectivity index (χ2v) is 5.37. The first-order valence-electron chi connectivity index (χ1n) is 6.66. The van der Waals surface area contributed by atoms with E-state index in [4.69, 9.17) is 0 Å². The molecule has 1 aliphatic carbocycles. The molecule has 0 amide bonds. The van der Waals surface area contributed by atoms with Gasteiger partial charge in [0.25, 0.3) is 0 Å². The molecule has 0 atom stereocenters. The topological polar surface area (TPSA) is 37.0 Å². The van der Waals surface area contributed by atoms with Gasteiger partial charge < -0.3 is 10.6 Å². The molecular formula is C14H23N3. The predicted molar refractivity (Wildman–Crippen MR) is 73.5 cm³/mol. The van der Waals surface area contributed by atoms with Crippen LogP contribution in [-0.2, 0) is 0 Å². The molecule has 0 bridgehead atoms. The molecule has 3 nitrogen and oxygen atoms in total. The molecule has 2 rings (SSSR count). The van der Waals surface area contributed by atoms with Crippen molar-refractivity contribution in [3.8, 4) is 0 Å². The van der Waals surface area contributed by atoms with Gasteiger partial charge in [0.1, 0.15) is 5.82 Å². The fourth-order valence-electron chi connectivity index (χ4n) is 2.16. The van der Waals surface area contributed by atoms with E-state index in [-0.39, 0.29) is 0 Å². The van der Waals surface area contributed by atoms with E-state index in [2.05, 4.69) is 35.5 Å². The van der Waals surface area contributed by atoms with Crippen LogP contribution in [0.2, 0.25) is 0 Å². The van der Waals surface area contributed by atoms with Crippen molar-refractivity contribution in [2.75, 3.05) is 23.7 Å². The van der Waals surface area contributed by atoms with Crippen LogP contribution in [0, 0.1) is 5.41 Å². The second kappa shape index (κ2) is 5.39. The highest BCUT2D eigenvalue weighted by molar-refractivity contribution is 5.51. The molecule has 1 fully saturated rings. The standard InChI is InChI=1S/C14H23N3/c1-3-8-15-13-10-12(5-9-16-13)17-11-14(2)6-4-7-14/h5,9-10H,3-4,6-8,11H2,1-2H3,(H2,15,16,17). The zero-order valence-electron chi connectivity index (χ0n) is 10.9. The molecule has 1 saturated carbocycles. The van der Waals surface area contributed by atoms with Crippen LogP contribution >= 0.6 is 0 Å². The van der Waals surface area contributed by atoms with Crippen molar-refractivity contribution in [1.29, 1.82) is 0 Å². The molecule has 0 radical (unpaired) electrons. The smallest absolute Gasteiger partial charge is 0.127 e. The van der Waals surface area contributed by atoms with Gasteiger partial charge in [-0.3, -0.25) is 0 Å². The van der Waals surface area contributed by atoms with Gasteiger partial charge in [0.2, 0.25) is 0 Å². The highest BCUT2D eigenvalue weighted by atomic mass is 15.0. The molecule has 94 valence electrons. The van der Waals surface area contributed by atoms with E-state index in [1.54, 1.807) is 0 Å². The Hall–Kier alpha value is -1.25. The molecule has 0 aliphatic heterocycles. The van der Waals surface area contributed by atoms with Crippen LogP contribution in [0.5, 0.6) is 0 Å². The average Bonchev–Trinajstić information content (AvgIpc) is 2.32. The first-order chi connectivity index (χ1) is 8.22. The number of hydrogen-bond donors (Lipinski definition) is 2. The lowest BCUT2D eigenvalue weighted by molar-refractivity contribution is 0.180. The maximum atomic E-state index is 4.30. The maximum absolute atomic E-state index is 4.30. The fourth-order valence-corrected chi connectivity index (χ4v) is 2.16. The normalized spacial score (nSPS) is 17.3. The Morgan fingerprint density at radius 3 is 2.82 bits per heavy atom. The van der Waals surface area contributed by atoms with Gasteiger partial charge in [-0.25, -0.2) is 4.98 Å². The first kappa shape index (κ1) is 12.2. The number of anilines is 2. The Morgan fingerprint density at radius 1 is 1.35 bits per heavy atom. The van der Waals surface area contributed by atoms with Crippen molar-refractivity contribution in [3.63, 3.8) is 0 Å². The van der Waals surface area contributed by atoms with Gasteiger partial charge in [-0.15, -0.1) is 0 Å². The van der Waals surface area contributed by atoms with Crippen LogP contribution < -0.4 is 10.6 Å². The Morgan fingerprint density at radius 2 is 2.18 bits per heavy atom. The van der Waals surface area contributed by atoms with Gasteiger partial charge in [-0.1, -0.05) is 20.3 Å². The molecule has 1 aromatic rings.